The van der Waals surface area contributed by atoms with Crippen molar-refractivity contribution in [2.75, 3.05) is 17.6 Å². The molecule has 0 saturated heterocycles. The molecule has 0 radical (unpaired) electrons. The molecule has 8 heteroatoms. The zero-order valence-corrected chi connectivity index (χ0v) is 18.8. The van der Waals surface area contributed by atoms with Crippen LogP contribution in [0.15, 0.2) is 12.3 Å². The molecule has 0 aliphatic heterocycles. The van der Waals surface area contributed by atoms with Gasteiger partial charge in [0.05, 0.1) is 12.9 Å². The molecule has 0 spiro atoms. The van der Waals surface area contributed by atoms with Gasteiger partial charge in [-0.3, -0.25) is 9.12 Å². The maximum atomic E-state index is 11.6. The Morgan fingerprint density at radius 3 is 2.59 bits per heavy atom. The number of nitrogens with one attached hydrogen (secondary N) is 1. The summed E-state index contributed by atoms with van der Waals surface area (Å²) in [6, 6.07) is 1.90. The van der Waals surface area contributed by atoms with Crippen LogP contribution < -0.4 is 9.46 Å². The quantitative estimate of drug-likeness (QED) is 0.761. The lowest BCUT2D eigenvalue weighted by molar-refractivity contribution is 0.0117. The second kappa shape index (κ2) is 7.15. The Morgan fingerprint density at radius 2 is 1.93 bits per heavy atom. The van der Waals surface area contributed by atoms with Crippen LogP contribution in [0.25, 0.3) is 5.65 Å². The zero-order valence-electron chi connectivity index (χ0n) is 18.0. The minimum Gasteiger partial charge on any atom is -0.493 e. The van der Waals surface area contributed by atoms with E-state index in [1.165, 1.54) is 12.8 Å². The van der Waals surface area contributed by atoms with E-state index in [1.54, 1.807) is 4.40 Å². The standard InChI is InChI=1S/C21H32N4O3S/c1-13-6-7-16(14(2)21(13,3)4)12-28-18-10-19-22-23-20(24-29(5,26)27)25(19)11-17(18)15-8-9-15/h10-11,13-16H,6-9,12H2,1-5H3,(H,23,24)/t13-,14+,16-/m1/s1. The molecular formula is C21H32N4O3S. The lowest BCUT2D eigenvalue weighted by Gasteiger charge is -2.46. The van der Waals surface area contributed by atoms with E-state index in [0.717, 1.165) is 36.3 Å². The molecule has 0 aromatic carbocycles. The normalized spacial score (nSPS) is 27.1. The predicted molar refractivity (Wildman–Crippen MR) is 114 cm³/mol. The van der Waals surface area contributed by atoms with Crippen molar-refractivity contribution in [2.45, 2.75) is 59.3 Å². The molecule has 7 nitrogen and oxygen atoms in total. The summed E-state index contributed by atoms with van der Waals surface area (Å²) < 4.78 is 33.7. The number of ether oxygens (including phenoxy) is 1. The highest BCUT2D eigenvalue weighted by Gasteiger charge is 2.41. The predicted octanol–water partition coefficient (Wildman–Crippen LogP) is 4.07. The minimum atomic E-state index is -3.42. The average molecular weight is 421 g/mol. The first kappa shape index (κ1) is 20.4. The van der Waals surface area contributed by atoms with Crippen LogP contribution in [0.2, 0.25) is 0 Å². The van der Waals surface area contributed by atoms with Crippen LogP contribution >= 0.6 is 0 Å². The van der Waals surface area contributed by atoms with Crippen LogP contribution in [0.1, 0.15) is 64.9 Å². The van der Waals surface area contributed by atoms with E-state index in [1.807, 2.05) is 12.3 Å². The second-order valence-electron chi connectivity index (χ2n) is 9.65. The monoisotopic (exact) mass is 420 g/mol. The SMILES string of the molecule is C[C@@H]1CC[C@H](COc2cc3nnc(NS(C)(=O)=O)n3cc2C2CC2)[C@H](C)C1(C)C. The highest BCUT2D eigenvalue weighted by molar-refractivity contribution is 7.91. The summed E-state index contributed by atoms with van der Waals surface area (Å²) in [5.74, 6) is 3.39. The molecule has 0 unspecified atom stereocenters. The van der Waals surface area contributed by atoms with Gasteiger partial charge in [0, 0.05) is 17.8 Å². The number of rotatable bonds is 6. The molecule has 3 atom stereocenters. The van der Waals surface area contributed by atoms with E-state index in [2.05, 4.69) is 42.6 Å². The number of hydrogen-bond acceptors (Lipinski definition) is 5. The number of nitrogens with zero attached hydrogens (tertiary/aromatic N) is 3. The molecule has 4 rings (SSSR count). The Morgan fingerprint density at radius 1 is 1.21 bits per heavy atom. The molecule has 1 N–H and O–H groups in total. The fourth-order valence-electron chi connectivity index (χ4n) is 4.56. The molecule has 2 saturated carbocycles. The molecule has 29 heavy (non-hydrogen) atoms. The van der Waals surface area contributed by atoms with Gasteiger partial charge in [-0.15, -0.1) is 10.2 Å². The van der Waals surface area contributed by atoms with Gasteiger partial charge in [0.1, 0.15) is 5.75 Å². The Bertz CT molecular complexity index is 1010. The summed E-state index contributed by atoms with van der Waals surface area (Å²) in [5.41, 5.74) is 2.01. The van der Waals surface area contributed by atoms with Crippen LogP contribution in [0.5, 0.6) is 5.75 Å². The Hall–Kier alpha value is -1.83. The van der Waals surface area contributed by atoms with Crippen molar-refractivity contribution >= 4 is 21.6 Å². The van der Waals surface area contributed by atoms with Crippen molar-refractivity contribution in [3.63, 3.8) is 0 Å². The molecular weight excluding hydrogens is 388 g/mol. The van der Waals surface area contributed by atoms with Gasteiger partial charge in [0.2, 0.25) is 16.0 Å². The molecule has 2 aromatic heterocycles. The van der Waals surface area contributed by atoms with Crippen molar-refractivity contribution in [1.29, 1.82) is 0 Å². The number of aromatic nitrogens is 3. The largest absolute Gasteiger partial charge is 0.493 e. The van der Waals surface area contributed by atoms with Crippen LogP contribution in [0.3, 0.4) is 0 Å². The van der Waals surface area contributed by atoms with E-state index in [4.69, 9.17) is 4.74 Å². The fraction of sp³-hybridized carbons (Fsp3) is 0.714. The molecule has 0 bridgehead atoms. The van der Waals surface area contributed by atoms with Crippen molar-refractivity contribution < 1.29 is 13.2 Å². The molecule has 2 aromatic rings. The van der Waals surface area contributed by atoms with Gasteiger partial charge in [-0.25, -0.2) is 8.42 Å². The first-order valence-corrected chi connectivity index (χ1v) is 12.4. The maximum absolute atomic E-state index is 11.6. The highest BCUT2D eigenvalue weighted by atomic mass is 32.2. The first-order valence-electron chi connectivity index (χ1n) is 10.6. The van der Waals surface area contributed by atoms with Gasteiger partial charge < -0.3 is 4.74 Å². The first-order chi connectivity index (χ1) is 13.6. The van der Waals surface area contributed by atoms with Crippen LogP contribution in [0, 0.1) is 23.2 Å². The number of pyridine rings is 1. The molecule has 2 fully saturated rings. The van der Waals surface area contributed by atoms with Crippen molar-refractivity contribution in [3.05, 3.63) is 17.8 Å². The Kier molecular flexibility index (Phi) is 5.04. The summed E-state index contributed by atoms with van der Waals surface area (Å²) in [6.07, 6.45) is 7.74. The molecule has 2 aliphatic rings. The summed E-state index contributed by atoms with van der Waals surface area (Å²) in [5, 5.41) is 8.13. The average Bonchev–Trinajstić information content (AvgIpc) is 3.41. The van der Waals surface area contributed by atoms with Gasteiger partial charge in [-0.05, 0) is 54.8 Å². The Balaban J connectivity index is 1.58. The van der Waals surface area contributed by atoms with E-state index >= 15 is 0 Å². The third-order valence-electron chi connectivity index (χ3n) is 7.40. The van der Waals surface area contributed by atoms with Gasteiger partial charge in [0.25, 0.3) is 0 Å². The van der Waals surface area contributed by atoms with Crippen molar-refractivity contribution in [2.24, 2.45) is 23.2 Å². The van der Waals surface area contributed by atoms with Gasteiger partial charge in [-0.1, -0.05) is 27.7 Å². The van der Waals surface area contributed by atoms with Crippen molar-refractivity contribution in [1.82, 2.24) is 14.6 Å². The lowest BCUT2D eigenvalue weighted by atomic mass is 9.59. The molecule has 2 aliphatic carbocycles. The number of anilines is 1. The van der Waals surface area contributed by atoms with Crippen LogP contribution in [-0.2, 0) is 10.0 Å². The smallest absolute Gasteiger partial charge is 0.242 e. The van der Waals surface area contributed by atoms with Crippen molar-refractivity contribution in [3.8, 4) is 5.75 Å². The molecule has 160 valence electrons. The van der Waals surface area contributed by atoms with E-state index in [0.29, 0.717) is 35.4 Å². The molecule has 2 heterocycles. The van der Waals surface area contributed by atoms with Crippen LogP contribution in [0.4, 0.5) is 5.95 Å². The zero-order chi connectivity index (χ0) is 21.0. The fourth-order valence-corrected chi connectivity index (χ4v) is 5.03. The topological polar surface area (TPSA) is 85.6 Å². The summed E-state index contributed by atoms with van der Waals surface area (Å²) >= 11 is 0. The maximum Gasteiger partial charge on any atom is 0.242 e. The summed E-state index contributed by atoms with van der Waals surface area (Å²) in [7, 11) is -3.42. The molecule has 0 amide bonds. The third kappa shape index (κ3) is 4.09. The summed E-state index contributed by atoms with van der Waals surface area (Å²) in [4.78, 5) is 0. The van der Waals surface area contributed by atoms with E-state index in [9.17, 15) is 8.42 Å². The number of hydrogen-bond donors (Lipinski definition) is 1. The minimum absolute atomic E-state index is 0.215. The Labute approximate surface area is 173 Å². The summed E-state index contributed by atoms with van der Waals surface area (Å²) in [6.45, 7) is 10.2. The third-order valence-corrected chi connectivity index (χ3v) is 7.96. The van der Waals surface area contributed by atoms with Gasteiger partial charge in [-0.2, -0.15) is 0 Å². The number of sulfonamides is 1. The van der Waals surface area contributed by atoms with E-state index in [-0.39, 0.29) is 5.95 Å². The second-order valence-corrected chi connectivity index (χ2v) is 11.4. The van der Waals surface area contributed by atoms with Crippen LogP contribution in [-0.4, -0.2) is 35.9 Å². The lowest BCUT2D eigenvalue weighted by Crippen LogP contribution is -2.41. The van der Waals surface area contributed by atoms with Gasteiger partial charge >= 0.3 is 0 Å². The highest BCUT2D eigenvalue weighted by Crippen LogP contribution is 2.48. The van der Waals surface area contributed by atoms with Gasteiger partial charge in [0.15, 0.2) is 5.65 Å². The number of fused-ring (bicyclic) bond motifs is 1. The van der Waals surface area contributed by atoms with E-state index < -0.39 is 10.0 Å².